The van der Waals surface area contributed by atoms with Crippen LogP contribution in [0.1, 0.15) is 11.1 Å². The average molecular weight is 464 g/mol. The third-order valence-electron chi connectivity index (χ3n) is 5.76. The van der Waals surface area contributed by atoms with Crippen LogP contribution in [-0.4, -0.2) is 25.9 Å². The molecule has 0 spiro atoms. The van der Waals surface area contributed by atoms with E-state index in [0.717, 1.165) is 27.8 Å². The third kappa shape index (κ3) is 4.15. The number of hydrogen-bond donors (Lipinski definition) is 0. The lowest BCUT2D eigenvalue weighted by Crippen LogP contribution is -2.31. The van der Waals surface area contributed by atoms with Gasteiger partial charge in [0.15, 0.2) is 11.5 Å². The summed E-state index contributed by atoms with van der Waals surface area (Å²) < 4.78 is 22.5. The van der Waals surface area contributed by atoms with Crippen LogP contribution in [0.3, 0.4) is 0 Å². The molecule has 6 nitrogen and oxygen atoms in total. The van der Waals surface area contributed by atoms with E-state index in [1.807, 2.05) is 48.5 Å². The summed E-state index contributed by atoms with van der Waals surface area (Å²) >= 11 is 5.98. The van der Waals surface area contributed by atoms with Crippen LogP contribution in [0, 0.1) is 0 Å². The van der Waals surface area contributed by atoms with E-state index >= 15 is 0 Å². The molecule has 0 radical (unpaired) electrons. The van der Waals surface area contributed by atoms with Gasteiger partial charge in [0, 0.05) is 23.5 Å². The predicted molar refractivity (Wildman–Crippen MR) is 127 cm³/mol. The normalized spacial score (nSPS) is 13.4. The van der Waals surface area contributed by atoms with Crippen LogP contribution in [0.25, 0.3) is 22.1 Å². The highest BCUT2D eigenvalue weighted by Gasteiger charge is 2.22. The number of rotatable bonds is 5. The van der Waals surface area contributed by atoms with Crippen LogP contribution in [-0.2, 0) is 13.1 Å². The van der Waals surface area contributed by atoms with Crippen molar-refractivity contribution in [2.75, 3.05) is 21.0 Å². The van der Waals surface area contributed by atoms with Crippen molar-refractivity contribution in [1.29, 1.82) is 0 Å². The van der Waals surface area contributed by atoms with Crippen molar-refractivity contribution in [2.24, 2.45) is 0 Å². The zero-order chi connectivity index (χ0) is 22.9. The zero-order valence-corrected chi connectivity index (χ0v) is 19.0. The highest BCUT2D eigenvalue weighted by Crippen LogP contribution is 2.34. The Kier molecular flexibility index (Phi) is 5.70. The van der Waals surface area contributed by atoms with E-state index in [2.05, 4.69) is 4.90 Å². The number of ether oxygens (including phenoxy) is 3. The molecule has 1 aliphatic heterocycles. The molecule has 0 N–H and O–H groups in total. The van der Waals surface area contributed by atoms with Gasteiger partial charge < -0.3 is 18.6 Å². The summed E-state index contributed by atoms with van der Waals surface area (Å²) in [6.45, 7) is 1.66. The van der Waals surface area contributed by atoms with E-state index in [0.29, 0.717) is 47.5 Å². The molecule has 0 aliphatic carbocycles. The molecule has 0 amide bonds. The Balaban J connectivity index is 1.46. The molecule has 3 aromatic carbocycles. The lowest BCUT2D eigenvalue weighted by atomic mass is 10.0. The molecule has 1 aromatic heterocycles. The van der Waals surface area contributed by atoms with Crippen molar-refractivity contribution in [3.8, 4) is 28.4 Å². The first-order chi connectivity index (χ1) is 16.1. The van der Waals surface area contributed by atoms with Gasteiger partial charge in [-0.15, -0.1) is 0 Å². The van der Waals surface area contributed by atoms with Gasteiger partial charge in [-0.3, -0.25) is 4.90 Å². The van der Waals surface area contributed by atoms with Crippen LogP contribution < -0.4 is 19.8 Å². The average Bonchev–Trinajstić information content (AvgIpc) is 2.84. The van der Waals surface area contributed by atoms with E-state index < -0.39 is 5.63 Å². The number of halogens is 1. The lowest BCUT2D eigenvalue weighted by molar-refractivity contribution is 0.0889. The predicted octanol–water partition coefficient (Wildman–Crippen LogP) is 5.48. The van der Waals surface area contributed by atoms with Gasteiger partial charge in [-0.2, -0.15) is 0 Å². The maximum atomic E-state index is 12.8. The molecule has 0 saturated carbocycles. The quantitative estimate of drug-likeness (QED) is 0.365. The first-order valence-corrected chi connectivity index (χ1v) is 10.9. The van der Waals surface area contributed by atoms with Crippen LogP contribution >= 0.6 is 11.6 Å². The molecule has 1 aliphatic rings. The zero-order valence-electron chi connectivity index (χ0n) is 18.3. The summed E-state index contributed by atoms with van der Waals surface area (Å²) in [6, 6.07) is 18.7. The molecule has 0 saturated heterocycles. The molecule has 5 rings (SSSR count). The second-order valence-corrected chi connectivity index (χ2v) is 8.30. The number of benzene rings is 3. The Morgan fingerprint density at radius 2 is 1.76 bits per heavy atom. The highest BCUT2D eigenvalue weighted by atomic mass is 35.5. The van der Waals surface area contributed by atoms with Crippen molar-refractivity contribution in [2.45, 2.75) is 13.1 Å². The minimum absolute atomic E-state index is 0.393. The number of hydrogen-bond acceptors (Lipinski definition) is 6. The minimum Gasteiger partial charge on any atom is -0.493 e. The molecule has 2 heterocycles. The summed E-state index contributed by atoms with van der Waals surface area (Å²) in [5.41, 5.74) is 3.34. The smallest absolute Gasteiger partial charge is 0.344 e. The second kappa shape index (κ2) is 8.81. The Labute approximate surface area is 195 Å². The van der Waals surface area contributed by atoms with Crippen molar-refractivity contribution in [1.82, 2.24) is 4.90 Å². The lowest BCUT2D eigenvalue weighted by Gasteiger charge is -2.29. The van der Waals surface area contributed by atoms with Crippen LogP contribution in [0.4, 0.5) is 0 Å². The maximum Gasteiger partial charge on any atom is 0.344 e. The fourth-order valence-corrected chi connectivity index (χ4v) is 4.23. The largest absolute Gasteiger partial charge is 0.493 e. The highest BCUT2D eigenvalue weighted by molar-refractivity contribution is 6.30. The van der Waals surface area contributed by atoms with Crippen molar-refractivity contribution >= 4 is 22.6 Å². The molecule has 7 heteroatoms. The first kappa shape index (κ1) is 21.4. The van der Waals surface area contributed by atoms with Crippen LogP contribution in [0.2, 0.25) is 5.02 Å². The van der Waals surface area contributed by atoms with E-state index in [1.165, 1.54) is 0 Å². The fourth-order valence-electron chi connectivity index (χ4n) is 4.11. The van der Waals surface area contributed by atoms with Crippen LogP contribution in [0.5, 0.6) is 17.2 Å². The van der Waals surface area contributed by atoms with Gasteiger partial charge in [-0.1, -0.05) is 29.8 Å². The van der Waals surface area contributed by atoms with Crippen molar-refractivity contribution in [3.05, 3.63) is 87.2 Å². The van der Waals surface area contributed by atoms with E-state index in [9.17, 15) is 4.79 Å². The summed E-state index contributed by atoms with van der Waals surface area (Å²) in [5, 5.41) is 1.46. The van der Waals surface area contributed by atoms with Crippen molar-refractivity contribution < 1.29 is 18.6 Å². The number of fused-ring (bicyclic) bond motifs is 3. The Hall–Kier alpha value is -3.48. The molecular formula is C26H22ClNO5. The Morgan fingerprint density at radius 1 is 0.970 bits per heavy atom. The summed E-state index contributed by atoms with van der Waals surface area (Å²) in [4.78, 5) is 15.0. The topological polar surface area (TPSA) is 61.1 Å². The van der Waals surface area contributed by atoms with E-state index in [1.54, 1.807) is 26.4 Å². The van der Waals surface area contributed by atoms with Gasteiger partial charge in [0.1, 0.15) is 18.1 Å². The van der Waals surface area contributed by atoms with Gasteiger partial charge in [-0.25, -0.2) is 4.79 Å². The molecule has 0 unspecified atom stereocenters. The Morgan fingerprint density at radius 3 is 2.52 bits per heavy atom. The standard InChI is InChI=1S/C26H22ClNO5/c1-30-23-9-3-16(11-24(23)31-2)13-28-14-21-22(32-15-28)10-6-18-12-20(26(29)33-25(18)21)17-4-7-19(27)8-5-17/h3-12H,13-15H2,1-2H3. The minimum atomic E-state index is -0.393. The summed E-state index contributed by atoms with van der Waals surface area (Å²) in [5.74, 6) is 2.10. The molecular weight excluding hydrogens is 442 g/mol. The first-order valence-electron chi connectivity index (χ1n) is 10.5. The summed E-state index contributed by atoms with van der Waals surface area (Å²) in [6.07, 6.45) is 0. The number of methoxy groups -OCH3 is 2. The Bertz CT molecular complexity index is 1380. The fraction of sp³-hybridized carbons (Fsp3) is 0.192. The van der Waals surface area contributed by atoms with Gasteiger partial charge in [-0.05, 0) is 53.6 Å². The molecule has 0 bridgehead atoms. The molecule has 33 heavy (non-hydrogen) atoms. The maximum absolute atomic E-state index is 12.8. The van der Waals surface area contributed by atoms with E-state index in [4.69, 9.17) is 30.2 Å². The van der Waals surface area contributed by atoms with Crippen molar-refractivity contribution in [3.63, 3.8) is 0 Å². The van der Waals surface area contributed by atoms with Gasteiger partial charge in [0.05, 0.1) is 25.3 Å². The molecule has 0 atom stereocenters. The van der Waals surface area contributed by atoms with Gasteiger partial charge in [0.25, 0.3) is 0 Å². The monoisotopic (exact) mass is 463 g/mol. The molecule has 0 fully saturated rings. The van der Waals surface area contributed by atoms with Gasteiger partial charge in [0.2, 0.25) is 0 Å². The van der Waals surface area contributed by atoms with Gasteiger partial charge >= 0.3 is 5.63 Å². The van der Waals surface area contributed by atoms with Crippen LogP contribution in [0.15, 0.2) is 69.9 Å². The molecule has 4 aromatic rings. The second-order valence-electron chi connectivity index (χ2n) is 7.86. The summed E-state index contributed by atoms with van der Waals surface area (Å²) in [7, 11) is 3.23. The SMILES string of the molecule is COc1ccc(CN2COc3ccc4cc(-c5ccc(Cl)cc5)c(=O)oc4c3C2)cc1OC. The third-order valence-corrected chi connectivity index (χ3v) is 6.01. The van der Waals surface area contributed by atoms with E-state index in [-0.39, 0.29) is 0 Å². The molecule has 168 valence electrons. The number of nitrogens with zero attached hydrogens (tertiary/aromatic N) is 1.